The number of hydrogen-bond acceptors (Lipinski definition) is 2. The number of carbonyl (C=O) groups is 2. The van der Waals surface area contributed by atoms with Gasteiger partial charge in [-0.2, -0.15) is 0 Å². The Bertz CT molecular complexity index is 818. The lowest BCUT2D eigenvalue weighted by Crippen LogP contribution is -2.39. The maximum Gasteiger partial charge on any atom is 0.303 e. The van der Waals surface area contributed by atoms with Gasteiger partial charge in [0.05, 0.1) is 5.56 Å². The highest BCUT2D eigenvalue weighted by Gasteiger charge is 2.27. The monoisotopic (exact) mass is 374 g/mol. The molecule has 0 bridgehead atoms. The zero-order valence-electron chi connectivity index (χ0n) is 15.0. The summed E-state index contributed by atoms with van der Waals surface area (Å²) in [6.07, 6.45) is 1.68. The predicted octanol–water partition coefficient (Wildman–Crippen LogP) is 4.07. The second-order valence-corrected chi connectivity index (χ2v) is 7.37. The fourth-order valence-electron chi connectivity index (χ4n) is 3.72. The highest BCUT2D eigenvalue weighted by Crippen LogP contribution is 2.26. The fraction of sp³-hybridized carbons (Fsp3) is 0.400. The van der Waals surface area contributed by atoms with E-state index in [4.69, 9.17) is 16.7 Å². The number of hydrogen-bond donors (Lipinski definition) is 1. The Balaban J connectivity index is 1.78. The molecule has 2 aromatic rings. The standard InChI is InChI=1S/C20H23ClN2O3/c1-13-11-18(14(2)23(13)17-5-3-16(21)4-6-17)20(26)22-9-7-15(8-10-22)12-19(24)25/h3-6,11,15H,7-10,12H2,1-2H3,(H,24,25). The van der Waals surface area contributed by atoms with Crippen molar-refractivity contribution in [1.82, 2.24) is 9.47 Å². The molecule has 1 N–H and O–H groups in total. The van der Waals surface area contributed by atoms with Crippen LogP contribution in [0, 0.1) is 19.8 Å². The molecule has 1 aromatic carbocycles. The summed E-state index contributed by atoms with van der Waals surface area (Å²) in [7, 11) is 0. The molecule has 26 heavy (non-hydrogen) atoms. The van der Waals surface area contributed by atoms with Crippen LogP contribution in [0.1, 0.15) is 41.0 Å². The van der Waals surface area contributed by atoms with Crippen LogP contribution in [0.15, 0.2) is 30.3 Å². The van der Waals surface area contributed by atoms with Crippen molar-refractivity contribution in [3.8, 4) is 5.69 Å². The zero-order valence-corrected chi connectivity index (χ0v) is 15.8. The first-order chi connectivity index (χ1) is 12.4. The summed E-state index contributed by atoms with van der Waals surface area (Å²) < 4.78 is 2.06. The summed E-state index contributed by atoms with van der Waals surface area (Å²) in [4.78, 5) is 25.7. The summed E-state index contributed by atoms with van der Waals surface area (Å²) in [6.45, 7) is 5.16. The third-order valence-electron chi connectivity index (χ3n) is 5.11. The summed E-state index contributed by atoms with van der Waals surface area (Å²) in [5, 5.41) is 9.60. The van der Waals surface area contributed by atoms with Crippen LogP contribution in [-0.4, -0.2) is 39.5 Å². The highest BCUT2D eigenvalue weighted by atomic mass is 35.5. The average molecular weight is 375 g/mol. The quantitative estimate of drug-likeness (QED) is 0.877. The average Bonchev–Trinajstić information content (AvgIpc) is 2.90. The van der Waals surface area contributed by atoms with Gasteiger partial charge < -0.3 is 14.6 Å². The van der Waals surface area contributed by atoms with Crippen molar-refractivity contribution in [3.05, 3.63) is 52.3 Å². The van der Waals surface area contributed by atoms with Gasteiger partial charge >= 0.3 is 5.97 Å². The molecule has 1 aliphatic rings. The number of nitrogens with zero attached hydrogens (tertiary/aromatic N) is 2. The number of aliphatic carboxylic acids is 1. The van der Waals surface area contributed by atoms with Crippen LogP contribution in [0.2, 0.25) is 5.02 Å². The molecule has 138 valence electrons. The maximum absolute atomic E-state index is 13.0. The van der Waals surface area contributed by atoms with E-state index in [1.54, 1.807) is 0 Å². The molecule has 1 aliphatic heterocycles. The van der Waals surface area contributed by atoms with Crippen molar-refractivity contribution >= 4 is 23.5 Å². The summed E-state index contributed by atoms with van der Waals surface area (Å²) in [5.74, 6) is -0.577. The van der Waals surface area contributed by atoms with E-state index in [0.717, 1.165) is 29.9 Å². The van der Waals surface area contributed by atoms with Gasteiger partial charge in [-0.1, -0.05) is 11.6 Å². The van der Waals surface area contributed by atoms with Gasteiger partial charge in [0.1, 0.15) is 0 Å². The molecule has 6 heteroatoms. The van der Waals surface area contributed by atoms with Gasteiger partial charge in [-0.25, -0.2) is 0 Å². The number of carboxylic acids is 1. The summed E-state index contributed by atoms with van der Waals surface area (Å²) in [6, 6.07) is 9.48. The number of carboxylic acid groups (broad SMARTS) is 1. The van der Waals surface area contributed by atoms with Crippen LogP contribution in [0.4, 0.5) is 0 Å². The molecule has 1 fully saturated rings. The Morgan fingerprint density at radius 2 is 1.77 bits per heavy atom. The summed E-state index contributed by atoms with van der Waals surface area (Å²) >= 11 is 5.97. The van der Waals surface area contributed by atoms with Crippen molar-refractivity contribution < 1.29 is 14.7 Å². The van der Waals surface area contributed by atoms with Crippen molar-refractivity contribution in [2.45, 2.75) is 33.1 Å². The zero-order chi connectivity index (χ0) is 18.8. The first-order valence-corrected chi connectivity index (χ1v) is 9.20. The molecule has 1 saturated heterocycles. The Kier molecular flexibility index (Phi) is 5.37. The lowest BCUT2D eigenvalue weighted by atomic mass is 9.93. The van der Waals surface area contributed by atoms with Gasteiger partial charge in [0, 0.05) is 41.6 Å². The lowest BCUT2D eigenvalue weighted by Gasteiger charge is -2.31. The van der Waals surface area contributed by atoms with E-state index in [0.29, 0.717) is 23.7 Å². The van der Waals surface area contributed by atoms with Crippen LogP contribution in [0.5, 0.6) is 0 Å². The topological polar surface area (TPSA) is 62.5 Å². The van der Waals surface area contributed by atoms with Crippen molar-refractivity contribution in [2.75, 3.05) is 13.1 Å². The van der Waals surface area contributed by atoms with Crippen LogP contribution >= 0.6 is 11.6 Å². The number of aromatic nitrogens is 1. The van der Waals surface area contributed by atoms with E-state index in [-0.39, 0.29) is 18.2 Å². The molecular formula is C20H23ClN2O3. The minimum atomic E-state index is -0.763. The molecule has 2 heterocycles. The van der Waals surface area contributed by atoms with E-state index >= 15 is 0 Å². The van der Waals surface area contributed by atoms with E-state index in [2.05, 4.69) is 4.57 Å². The molecular weight excluding hydrogens is 352 g/mol. The Hall–Kier alpha value is -2.27. The second kappa shape index (κ2) is 7.54. The normalized spacial score (nSPS) is 15.3. The molecule has 0 spiro atoms. The number of rotatable bonds is 4. The largest absolute Gasteiger partial charge is 0.481 e. The Morgan fingerprint density at radius 3 is 2.35 bits per heavy atom. The summed E-state index contributed by atoms with van der Waals surface area (Å²) in [5.41, 5.74) is 3.58. The van der Waals surface area contributed by atoms with Gasteiger partial charge in [0.2, 0.25) is 0 Å². The first-order valence-electron chi connectivity index (χ1n) is 8.82. The van der Waals surface area contributed by atoms with Gasteiger partial charge in [0.25, 0.3) is 5.91 Å². The first kappa shape index (κ1) is 18.5. The fourth-order valence-corrected chi connectivity index (χ4v) is 3.85. The molecule has 0 aliphatic carbocycles. The van der Waals surface area contributed by atoms with Gasteiger partial charge in [-0.05, 0) is 62.9 Å². The minimum absolute atomic E-state index is 0.0205. The van der Waals surface area contributed by atoms with Crippen molar-refractivity contribution in [1.29, 1.82) is 0 Å². The number of amides is 1. The third-order valence-corrected chi connectivity index (χ3v) is 5.36. The molecule has 0 atom stereocenters. The number of benzene rings is 1. The van der Waals surface area contributed by atoms with Gasteiger partial charge in [-0.15, -0.1) is 0 Å². The highest BCUT2D eigenvalue weighted by molar-refractivity contribution is 6.30. The van der Waals surface area contributed by atoms with Crippen LogP contribution in [-0.2, 0) is 4.79 Å². The number of likely N-dealkylation sites (tertiary alicyclic amines) is 1. The maximum atomic E-state index is 13.0. The van der Waals surface area contributed by atoms with E-state index < -0.39 is 5.97 Å². The molecule has 5 nitrogen and oxygen atoms in total. The smallest absolute Gasteiger partial charge is 0.303 e. The molecule has 1 aromatic heterocycles. The molecule has 0 saturated carbocycles. The third kappa shape index (κ3) is 3.78. The van der Waals surface area contributed by atoms with E-state index in [1.807, 2.05) is 49.1 Å². The van der Waals surface area contributed by atoms with E-state index in [1.165, 1.54) is 0 Å². The minimum Gasteiger partial charge on any atom is -0.481 e. The predicted molar refractivity (Wildman–Crippen MR) is 101 cm³/mol. The van der Waals surface area contributed by atoms with Crippen molar-refractivity contribution in [2.24, 2.45) is 5.92 Å². The van der Waals surface area contributed by atoms with Gasteiger partial charge in [-0.3, -0.25) is 9.59 Å². The Labute approximate surface area is 158 Å². The molecule has 0 radical (unpaired) electrons. The SMILES string of the molecule is Cc1cc(C(=O)N2CCC(CC(=O)O)CC2)c(C)n1-c1ccc(Cl)cc1. The molecule has 0 unspecified atom stereocenters. The number of aryl methyl sites for hydroxylation is 1. The Morgan fingerprint density at radius 1 is 1.15 bits per heavy atom. The number of halogens is 1. The lowest BCUT2D eigenvalue weighted by molar-refractivity contribution is -0.138. The van der Waals surface area contributed by atoms with Crippen LogP contribution in [0.3, 0.4) is 0 Å². The molecule has 1 amide bonds. The van der Waals surface area contributed by atoms with Crippen molar-refractivity contribution in [3.63, 3.8) is 0 Å². The van der Waals surface area contributed by atoms with Gasteiger partial charge in [0.15, 0.2) is 0 Å². The molecule has 3 rings (SSSR count). The van der Waals surface area contributed by atoms with E-state index in [9.17, 15) is 9.59 Å². The second-order valence-electron chi connectivity index (χ2n) is 6.93. The number of carbonyl (C=O) groups excluding carboxylic acids is 1. The number of piperidine rings is 1. The van der Waals surface area contributed by atoms with Crippen LogP contribution in [0.25, 0.3) is 5.69 Å². The van der Waals surface area contributed by atoms with Crippen LogP contribution < -0.4 is 0 Å².